The molecule has 2 aromatic carbocycles. The normalized spacial score (nSPS) is 11.9. The van der Waals surface area contributed by atoms with Crippen LogP contribution >= 0.6 is 0 Å². The summed E-state index contributed by atoms with van der Waals surface area (Å²) >= 11 is 0. The van der Waals surface area contributed by atoms with Gasteiger partial charge in [0.1, 0.15) is 0 Å². The Morgan fingerprint density at radius 1 is 0.966 bits per heavy atom. The predicted octanol–water partition coefficient (Wildman–Crippen LogP) is 3.17. The highest BCUT2D eigenvalue weighted by Crippen LogP contribution is 2.14. The number of aromatic nitrogens is 2. The van der Waals surface area contributed by atoms with Crippen LogP contribution in [-0.2, 0) is 27.4 Å². The number of carbonyl (C=O) groups is 2. The van der Waals surface area contributed by atoms with Crippen molar-refractivity contribution < 1.29 is 14.3 Å². The van der Waals surface area contributed by atoms with E-state index in [1.54, 1.807) is 33.4 Å². The predicted molar refractivity (Wildman–Crippen MR) is 112 cm³/mol. The van der Waals surface area contributed by atoms with Crippen LogP contribution in [0, 0.1) is 0 Å². The Balaban J connectivity index is 1.63. The first-order chi connectivity index (χ1) is 14.0. The van der Waals surface area contributed by atoms with Gasteiger partial charge in [-0.15, -0.1) is 0 Å². The Morgan fingerprint density at radius 3 is 2.17 bits per heavy atom. The molecule has 0 radical (unpaired) electrons. The molecular weight excluding hydrogens is 370 g/mol. The summed E-state index contributed by atoms with van der Waals surface area (Å²) in [5.74, 6) is -0.929. The number of amides is 1. The number of benzene rings is 2. The van der Waals surface area contributed by atoms with E-state index in [1.807, 2.05) is 37.3 Å². The fourth-order valence-corrected chi connectivity index (χ4v) is 3.21. The maximum Gasteiger partial charge on any atom is 0.329 e. The molecule has 0 bridgehead atoms. The van der Waals surface area contributed by atoms with E-state index in [-0.39, 0.29) is 18.7 Å². The molecule has 3 aromatic rings. The summed E-state index contributed by atoms with van der Waals surface area (Å²) in [6, 6.07) is 16.5. The van der Waals surface area contributed by atoms with Gasteiger partial charge in [-0.2, -0.15) is 0 Å². The van der Waals surface area contributed by atoms with E-state index in [0.717, 1.165) is 17.5 Å². The van der Waals surface area contributed by atoms with Gasteiger partial charge in [0.2, 0.25) is 0 Å². The molecule has 1 atom stereocenters. The maximum absolute atomic E-state index is 12.7. The molecule has 7 heteroatoms. The molecule has 0 aliphatic heterocycles. The van der Waals surface area contributed by atoms with Gasteiger partial charge in [0, 0.05) is 18.8 Å². The number of hydrogen-bond donors (Lipinski definition) is 1. The van der Waals surface area contributed by atoms with Crippen molar-refractivity contribution in [2.24, 2.45) is 0 Å². The molecule has 29 heavy (non-hydrogen) atoms. The third-order valence-electron chi connectivity index (χ3n) is 4.63. The van der Waals surface area contributed by atoms with Gasteiger partial charge >= 0.3 is 11.7 Å². The molecule has 0 unspecified atom stereocenters. The average Bonchev–Trinajstić information content (AvgIpc) is 2.99. The lowest BCUT2D eigenvalue weighted by Gasteiger charge is -2.13. The van der Waals surface area contributed by atoms with Crippen LogP contribution in [0.4, 0.5) is 5.69 Å². The Labute approximate surface area is 168 Å². The highest BCUT2D eigenvalue weighted by Gasteiger charge is 2.19. The second-order valence-corrected chi connectivity index (χ2v) is 6.81. The van der Waals surface area contributed by atoms with Gasteiger partial charge < -0.3 is 10.1 Å². The second-order valence-electron chi connectivity index (χ2n) is 6.81. The third kappa shape index (κ3) is 4.74. The fourth-order valence-electron chi connectivity index (χ4n) is 3.21. The van der Waals surface area contributed by atoms with E-state index in [2.05, 4.69) is 5.32 Å². The molecule has 0 saturated carbocycles. The van der Waals surface area contributed by atoms with Crippen molar-refractivity contribution in [1.29, 1.82) is 0 Å². The molecule has 0 saturated heterocycles. The first kappa shape index (κ1) is 20.4. The van der Waals surface area contributed by atoms with Crippen LogP contribution in [0.5, 0.6) is 0 Å². The van der Waals surface area contributed by atoms with Crippen molar-refractivity contribution >= 4 is 28.6 Å². The number of anilines is 1. The van der Waals surface area contributed by atoms with E-state index in [4.69, 9.17) is 4.74 Å². The number of imidazole rings is 1. The minimum Gasteiger partial charge on any atom is -0.452 e. The van der Waals surface area contributed by atoms with Crippen molar-refractivity contribution in [2.75, 3.05) is 5.32 Å². The van der Waals surface area contributed by atoms with Crippen LogP contribution in [0.2, 0.25) is 0 Å². The number of carbonyl (C=O) groups excluding carboxylic acids is 2. The summed E-state index contributed by atoms with van der Waals surface area (Å²) in [4.78, 5) is 37.2. The van der Waals surface area contributed by atoms with E-state index < -0.39 is 18.0 Å². The number of aryl methyl sites for hydroxylation is 2. The minimum atomic E-state index is -0.930. The smallest absolute Gasteiger partial charge is 0.329 e. The van der Waals surface area contributed by atoms with E-state index >= 15 is 0 Å². The number of nitrogens with one attached hydrogen (secondary N) is 1. The molecule has 152 valence electrons. The largest absolute Gasteiger partial charge is 0.452 e. The third-order valence-corrected chi connectivity index (χ3v) is 4.63. The van der Waals surface area contributed by atoms with Crippen LogP contribution < -0.4 is 11.0 Å². The van der Waals surface area contributed by atoms with E-state index in [0.29, 0.717) is 12.2 Å². The number of esters is 1. The van der Waals surface area contributed by atoms with E-state index in [1.165, 1.54) is 6.92 Å². The maximum atomic E-state index is 12.7. The highest BCUT2D eigenvalue weighted by molar-refractivity contribution is 5.95. The monoisotopic (exact) mass is 395 g/mol. The van der Waals surface area contributed by atoms with Crippen LogP contribution in [0.1, 0.15) is 26.7 Å². The Morgan fingerprint density at radius 2 is 1.55 bits per heavy atom. The molecule has 1 N–H and O–H groups in total. The lowest BCUT2D eigenvalue weighted by Crippen LogP contribution is -2.31. The molecule has 7 nitrogen and oxygen atoms in total. The fraction of sp³-hybridized carbons (Fsp3) is 0.318. The molecule has 1 amide bonds. The molecule has 1 heterocycles. The van der Waals surface area contributed by atoms with Gasteiger partial charge in [0.25, 0.3) is 5.91 Å². The van der Waals surface area contributed by atoms with Gasteiger partial charge in [-0.3, -0.25) is 18.7 Å². The zero-order valence-corrected chi connectivity index (χ0v) is 16.6. The SMILES string of the molecule is CCCn1c(=O)n(CCC(=O)O[C@H](C)C(=O)Nc2ccccc2)c2ccccc21. The first-order valence-corrected chi connectivity index (χ1v) is 9.74. The Bertz CT molecular complexity index is 1050. The number of nitrogens with zero attached hydrogens (tertiary/aromatic N) is 2. The van der Waals surface area contributed by atoms with Crippen LogP contribution in [-0.4, -0.2) is 27.1 Å². The summed E-state index contributed by atoms with van der Waals surface area (Å²) in [5, 5.41) is 2.70. The van der Waals surface area contributed by atoms with Gasteiger partial charge in [0.15, 0.2) is 6.10 Å². The number of para-hydroxylation sites is 3. The number of rotatable bonds is 8. The topological polar surface area (TPSA) is 82.3 Å². The molecule has 0 aliphatic rings. The lowest BCUT2D eigenvalue weighted by molar-refractivity contribution is -0.153. The van der Waals surface area contributed by atoms with Gasteiger partial charge in [-0.05, 0) is 37.6 Å². The molecule has 0 aliphatic carbocycles. The zero-order chi connectivity index (χ0) is 20.8. The summed E-state index contributed by atoms with van der Waals surface area (Å²) in [6.07, 6.45) is -0.0895. The second kappa shape index (κ2) is 9.23. The minimum absolute atomic E-state index is 0.00297. The number of ether oxygens (including phenoxy) is 1. The summed E-state index contributed by atoms with van der Waals surface area (Å²) in [6.45, 7) is 4.35. The van der Waals surface area contributed by atoms with Gasteiger partial charge in [0.05, 0.1) is 17.5 Å². The summed E-state index contributed by atoms with van der Waals surface area (Å²) < 4.78 is 8.54. The first-order valence-electron chi connectivity index (χ1n) is 9.74. The van der Waals surface area contributed by atoms with Crippen LogP contribution in [0.3, 0.4) is 0 Å². The molecule has 0 fully saturated rings. The quantitative estimate of drug-likeness (QED) is 0.594. The summed E-state index contributed by atoms with van der Waals surface area (Å²) in [7, 11) is 0. The molecule has 3 rings (SSSR count). The zero-order valence-electron chi connectivity index (χ0n) is 16.6. The highest BCUT2D eigenvalue weighted by atomic mass is 16.5. The Kier molecular flexibility index (Phi) is 6.49. The van der Waals surface area contributed by atoms with Crippen molar-refractivity contribution in [3.8, 4) is 0 Å². The van der Waals surface area contributed by atoms with Crippen LogP contribution in [0.15, 0.2) is 59.4 Å². The van der Waals surface area contributed by atoms with Crippen molar-refractivity contribution in [3.63, 3.8) is 0 Å². The molecular formula is C22H25N3O4. The molecule has 0 spiro atoms. The van der Waals surface area contributed by atoms with Crippen molar-refractivity contribution in [3.05, 3.63) is 65.1 Å². The lowest BCUT2D eigenvalue weighted by atomic mass is 10.3. The van der Waals surface area contributed by atoms with Gasteiger partial charge in [-0.25, -0.2) is 4.79 Å². The van der Waals surface area contributed by atoms with Crippen molar-refractivity contribution in [1.82, 2.24) is 9.13 Å². The van der Waals surface area contributed by atoms with Crippen LogP contribution in [0.25, 0.3) is 11.0 Å². The van der Waals surface area contributed by atoms with Gasteiger partial charge in [-0.1, -0.05) is 37.3 Å². The number of hydrogen-bond acceptors (Lipinski definition) is 4. The summed E-state index contributed by atoms with van der Waals surface area (Å²) in [5.41, 5.74) is 2.13. The van der Waals surface area contributed by atoms with E-state index in [9.17, 15) is 14.4 Å². The standard InChI is InChI=1S/C22H25N3O4/c1-3-14-24-18-11-7-8-12-19(18)25(22(24)28)15-13-20(26)29-16(2)21(27)23-17-9-5-4-6-10-17/h4-12,16H,3,13-15H2,1-2H3,(H,23,27)/t16-/m1/s1. The van der Waals surface area contributed by atoms with Crippen molar-refractivity contribution in [2.45, 2.75) is 45.9 Å². The Hall–Kier alpha value is -3.35. The average molecular weight is 395 g/mol. The number of fused-ring (bicyclic) bond motifs is 1. The molecule has 1 aromatic heterocycles.